The van der Waals surface area contributed by atoms with E-state index in [-0.39, 0.29) is 17.9 Å². The third kappa shape index (κ3) is 4.10. The summed E-state index contributed by atoms with van der Waals surface area (Å²) < 4.78 is 38.1. The van der Waals surface area contributed by atoms with Crippen molar-refractivity contribution in [3.05, 3.63) is 59.7 Å². The van der Waals surface area contributed by atoms with Crippen molar-refractivity contribution in [1.82, 2.24) is 5.06 Å². The first kappa shape index (κ1) is 21.3. The average molecular weight is 444 g/mol. The highest BCUT2D eigenvalue weighted by molar-refractivity contribution is 5.82. The number of amides is 1. The van der Waals surface area contributed by atoms with Gasteiger partial charge in [0, 0.05) is 11.4 Å². The van der Waals surface area contributed by atoms with Crippen molar-refractivity contribution in [3.8, 4) is 0 Å². The van der Waals surface area contributed by atoms with Crippen molar-refractivity contribution < 1.29 is 23.2 Å². The first-order chi connectivity index (χ1) is 15.2. The quantitative estimate of drug-likeness (QED) is 0.415. The lowest BCUT2D eigenvalue weighted by Crippen LogP contribution is -2.53. The summed E-state index contributed by atoms with van der Waals surface area (Å²) in [5, 5.41) is 14.6. The van der Waals surface area contributed by atoms with Crippen LogP contribution in [0.5, 0.6) is 0 Å². The van der Waals surface area contributed by atoms with Crippen molar-refractivity contribution in [2.75, 3.05) is 5.32 Å². The van der Waals surface area contributed by atoms with Gasteiger partial charge in [-0.3, -0.25) is 10.0 Å². The highest BCUT2D eigenvalue weighted by Crippen LogP contribution is 2.60. The van der Waals surface area contributed by atoms with Gasteiger partial charge in [0.15, 0.2) is 0 Å². The van der Waals surface area contributed by atoms with E-state index in [0.29, 0.717) is 29.1 Å². The Bertz CT molecular complexity index is 950. The molecule has 0 aromatic heterocycles. The van der Waals surface area contributed by atoms with E-state index >= 15 is 0 Å². The van der Waals surface area contributed by atoms with E-state index in [0.717, 1.165) is 42.0 Å². The molecular weight excluding hydrogens is 417 g/mol. The van der Waals surface area contributed by atoms with Crippen LogP contribution in [-0.2, 0) is 17.5 Å². The van der Waals surface area contributed by atoms with Crippen LogP contribution >= 0.6 is 0 Å². The van der Waals surface area contributed by atoms with E-state index < -0.39 is 11.7 Å². The van der Waals surface area contributed by atoms with Gasteiger partial charge in [0.2, 0.25) is 0 Å². The number of halogens is 3. The van der Waals surface area contributed by atoms with Crippen LogP contribution in [0.2, 0.25) is 0 Å². The summed E-state index contributed by atoms with van der Waals surface area (Å²) in [7, 11) is 0. The van der Waals surface area contributed by atoms with Crippen molar-refractivity contribution in [3.63, 3.8) is 0 Å². The maximum Gasteiger partial charge on any atom is 0.416 e. The largest absolute Gasteiger partial charge is 0.416 e. The molecule has 4 saturated carbocycles. The predicted molar refractivity (Wildman–Crippen MR) is 114 cm³/mol. The number of benzene rings is 2. The molecule has 0 atom stereocenters. The van der Waals surface area contributed by atoms with E-state index in [1.165, 1.54) is 31.4 Å². The molecule has 0 saturated heterocycles. The minimum absolute atomic E-state index is 0.126. The van der Waals surface area contributed by atoms with Crippen molar-refractivity contribution in [1.29, 1.82) is 0 Å². The van der Waals surface area contributed by atoms with Crippen molar-refractivity contribution in [2.24, 2.45) is 23.2 Å². The maximum absolute atomic E-state index is 13.2. The van der Waals surface area contributed by atoms with Crippen LogP contribution in [0.25, 0.3) is 0 Å². The summed E-state index contributed by atoms with van der Waals surface area (Å²) in [5.41, 5.74) is 0.985. The van der Waals surface area contributed by atoms with Crippen LogP contribution in [0, 0.1) is 23.2 Å². The molecule has 4 aliphatic rings. The third-order valence-corrected chi connectivity index (χ3v) is 7.51. The fourth-order valence-corrected chi connectivity index (χ4v) is 6.49. The van der Waals surface area contributed by atoms with E-state index in [1.54, 1.807) is 12.1 Å². The SMILES string of the molecule is O=C(N(O)Cc1ccc(Nc2ccc(C(F)(F)F)cc2)cc1)C12CC3CC(CC(C3)C1)C2. The zero-order valence-electron chi connectivity index (χ0n) is 17.7. The smallest absolute Gasteiger partial charge is 0.356 e. The van der Waals surface area contributed by atoms with Gasteiger partial charge in [0.05, 0.1) is 17.5 Å². The number of carbonyl (C=O) groups is 1. The predicted octanol–water partition coefficient (Wildman–Crippen LogP) is 6.38. The van der Waals surface area contributed by atoms with Crippen LogP contribution in [-0.4, -0.2) is 16.2 Å². The minimum Gasteiger partial charge on any atom is -0.356 e. The molecule has 4 aliphatic carbocycles. The molecule has 6 rings (SSSR count). The summed E-state index contributed by atoms with van der Waals surface area (Å²) in [6.45, 7) is 0.126. The molecule has 4 fully saturated rings. The van der Waals surface area contributed by atoms with Gasteiger partial charge in [-0.25, -0.2) is 5.06 Å². The van der Waals surface area contributed by atoms with Crippen molar-refractivity contribution in [2.45, 2.75) is 51.2 Å². The van der Waals surface area contributed by atoms with E-state index in [1.807, 2.05) is 12.1 Å². The lowest BCUT2D eigenvalue weighted by atomic mass is 9.49. The number of alkyl halides is 3. The second-order valence-corrected chi connectivity index (χ2v) is 9.96. The standard InChI is InChI=1S/C25H27F3N2O2/c26-25(27,28)20-3-7-22(8-4-20)29-21-5-1-16(2-6-21)15-30(32)23(31)24-12-17-9-18(13-24)11-19(10-17)14-24/h1-8,17-19,29,32H,9-15H2. The van der Waals surface area contributed by atoms with E-state index in [9.17, 15) is 23.2 Å². The molecule has 32 heavy (non-hydrogen) atoms. The normalized spacial score (nSPS) is 28.6. The molecular formula is C25H27F3N2O2. The summed E-state index contributed by atoms with van der Waals surface area (Å²) in [4.78, 5) is 13.2. The Kier molecular flexibility index (Phi) is 5.19. The molecule has 2 N–H and O–H groups in total. The Morgan fingerprint density at radius 2 is 1.38 bits per heavy atom. The van der Waals surface area contributed by atoms with Crippen LogP contribution < -0.4 is 5.32 Å². The fraction of sp³-hybridized carbons (Fsp3) is 0.480. The number of anilines is 2. The number of hydrogen-bond donors (Lipinski definition) is 2. The Morgan fingerprint density at radius 1 is 0.906 bits per heavy atom. The summed E-state index contributed by atoms with van der Waals surface area (Å²) in [6, 6.07) is 12.0. The van der Waals surface area contributed by atoms with Gasteiger partial charge in [-0.15, -0.1) is 0 Å². The highest BCUT2D eigenvalue weighted by Gasteiger charge is 2.55. The van der Waals surface area contributed by atoms with Gasteiger partial charge in [0.25, 0.3) is 5.91 Å². The molecule has 0 aliphatic heterocycles. The van der Waals surface area contributed by atoms with E-state index in [4.69, 9.17) is 0 Å². The lowest BCUT2D eigenvalue weighted by Gasteiger charge is -2.56. The van der Waals surface area contributed by atoms with Crippen molar-refractivity contribution >= 4 is 17.3 Å². The minimum atomic E-state index is -4.36. The summed E-state index contributed by atoms with van der Waals surface area (Å²) >= 11 is 0. The van der Waals surface area contributed by atoms with Crippen LogP contribution in [0.15, 0.2) is 48.5 Å². The molecule has 0 unspecified atom stereocenters. The molecule has 4 nitrogen and oxygen atoms in total. The van der Waals surface area contributed by atoms with Gasteiger partial charge in [0.1, 0.15) is 0 Å². The first-order valence-electron chi connectivity index (χ1n) is 11.2. The third-order valence-electron chi connectivity index (χ3n) is 7.51. The van der Waals surface area contributed by atoms with Gasteiger partial charge in [-0.2, -0.15) is 13.2 Å². The average Bonchev–Trinajstić information content (AvgIpc) is 2.73. The van der Waals surface area contributed by atoms with Crippen LogP contribution in [0.1, 0.15) is 49.7 Å². The molecule has 1 amide bonds. The summed E-state index contributed by atoms with van der Waals surface area (Å²) in [6.07, 6.45) is 2.09. The molecule has 7 heteroatoms. The second kappa shape index (κ2) is 7.80. The fourth-order valence-electron chi connectivity index (χ4n) is 6.49. The molecule has 2 aromatic carbocycles. The Hall–Kier alpha value is -2.54. The first-order valence-corrected chi connectivity index (χ1v) is 11.2. The molecule has 0 radical (unpaired) electrons. The number of hydrogen-bond acceptors (Lipinski definition) is 3. The van der Waals surface area contributed by atoms with Crippen LogP contribution in [0.3, 0.4) is 0 Å². The van der Waals surface area contributed by atoms with Gasteiger partial charge < -0.3 is 5.32 Å². The zero-order chi connectivity index (χ0) is 22.5. The van der Waals surface area contributed by atoms with E-state index in [2.05, 4.69) is 5.32 Å². The van der Waals surface area contributed by atoms with Crippen LogP contribution in [0.4, 0.5) is 24.5 Å². The van der Waals surface area contributed by atoms with Gasteiger partial charge in [-0.05, 0) is 98.2 Å². The number of carbonyl (C=O) groups excluding carboxylic acids is 1. The summed E-state index contributed by atoms with van der Waals surface area (Å²) in [5.74, 6) is 1.76. The maximum atomic E-state index is 13.2. The van der Waals surface area contributed by atoms with Gasteiger partial charge >= 0.3 is 6.18 Å². The number of hydroxylamine groups is 2. The number of nitrogens with one attached hydrogen (secondary N) is 1. The van der Waals surface area contributed by atoms with Gasteiger partial charge in [-0.1, -0.05) is 12.1 Å². The molecule has 170 valence electrons. The lowest BCUT2D eigenvalue weighted by molar-refractivity contribution is -0.193. The Labute approximate surface area is 185 Å². The molecule has 4 bridgehead atoms. The highest BCUT2D eigenvalue weighted by atomic mass is 19.4. The number of nitrogens with zero attached hydrogens (tertiary/aromatic N) is 1. The molecule has 0 spiro atoms. The second-order valence-electron chi connectivity index (χ2n) is 9.96. The monoisotopic (exact) mass is 444 g/mol. The Balaban J connectivity index is 1.21. The molecule has 0 heterocycles. The topological polar surface area (TPSA) is 52.6 Å². The number of rotatable bonds is 5. The Morgan fingerprint density at radius 3 is 1.84 bits per heavy atom. The zero-order valence-corrected chi connectivity index (χ0v) is 17.7. The molecule has 2 aromatic rings.